The van der Waals surface area contributed by atoms with Gasteiger partial charge in [-0.1, -0.05) is 34.1 Å². The molecule has 0 aliphatic rings. The first-order valence-electron chi connectivity index (χ1n) is 6.81. The number of carbonyl (C=O) groups excluding carboxylic acids is 1. The summed E-state index contributed by atoms with van der Waals surface area (Å²) in [5.74, 6) is 0.755. The van der Waals surface area contributed by atoms with Crippen LogP contribution in [0.2, 0.25) is 0 Å². The van der Waals surface area contributed by atoms with Crippen molar-refractivity contribution in [2.45, 2.75) is 19.9 Å². The third kappa shape index (κ3) is 4.60. The molecule has 3 nitrogen and oxygen atoms in total. The van der Waals surface area contributed by atoms with E-state index in [0.717, 1.165) is 15.8 Å². The van der Waals surface area contributed by atoms with Gasteiger partial charge >= 0.3 is 0 Å². The number of amides is 1. The third-order valence-corrected chi connectivity index (χ3v) is 3.59. The van der Waals surface area contributed by atoms with Gasteiger partial charge in [0.15, 0.2) is 0 Å². The van der Waals surface area contributed by atoms with Crippen molar-refractivity contribution in [3.05, 3.63) is 64.1 Å². The van der Waals surface area contributed by atoms with Crippen LogP contribution in [0, 0.1) is 6.92 Å². The van der Waals surface area contributed by atoms with E-state index < -0.39 is 0 Å². The summed E-state index contributed by atoms with van der Waals surface area (Å²) in [6.45, 7) is 4.36. The van der Waals surface area contributed by atoms with Crippen LogP contribution < -0.4 is 10.1 Å². The highest BCUT2D eigenvalue weighted by Crippen LogP contribution is 2.16. The minimum absolute atomic E-state index is 0.0687. The van der Waals surface area contributed by atoms with Crippen molar-refractivity contribution in [2.24, 2.45) is 0 Å². The fourth-order valence-corrected chi connectivity index (χ4v) is 2.15. The molecule has 1 N–H and O–H groups in total. The van der Waals surface area contributed by atoms with E-state index >= 15 is 0 Å². The van der Waals surface area contributed by atoms with E-state index in [0.29, 0.717) is 12.2 Å². The average Bonchev–Trinajstić information content (AvgIpc) is 2.47. The highest BCUT2D eigenvalue weighted by Gasteiger charge is 2.10. The molecule has 110 valence electrons. The van der Waals surface area contributed by atoms with Gasteiger partial charge in [-0.2, -0.15) is 0 Å². The average molecular weight is 348 g/mol. The van der Waals surface area contributed by atoms with Gasteiger partial charge in [0.25, 0.3) is 5.91 Å². The maximum Gasteiger partial charge on any atom is 0.251 e. The lowest BCUT2D eigenvalue weighted by Gasteiger charge is -2.16. The number of rotatable bonds is 5. The maximum atomic E-state index is 12.1. The molecule has 2 aromatic rings. The number of carbonyl (C=O) groups is 1. The fraction of sp³-hybridized carbons (Fsp3) is 0.235. The van der Waals surface area contributed by atoms with Crippen LogP contribution in [0.15, 0.2) is 53.0 Å². The molecule has 1 atom stereocenters. The molecular weight excluding hydrogens is 330 g/mol. The van der Waals surface area contributed by atoms with Crippen LogP contribution in [0.5, 0.6) is 5.75 Å². The Bertz CT molecular complexity index is 610. The number of nitrogens with one attached hydrogen (secondary N) is 1. The quantitative estimate of drug-likeness (QED) is 0.888. The van der Waals surface area contributed by atoms with Crippen LogP contribution in [-0.2, 0) is 0 Å². The summed E-state index contributed by atoms with van der Waals surface area (Å²) in [6.07, 6.45) is 0. The Morgan fingerprint density at radius 3 is 2.52 bits per heavy atom. The van der Waals surface area contributed by atoms with E-state index in [1.54, 1.807) is 12.1 Å². The number of aryl methyl sites for hydroxylation is 1. The molecule has 0 heterocycles. The molecule has 0 bridgehead atoms. The summed E-state index contributed by atoms with van der Waals surface area (Å²) in [7, 11) is 0. The second-order valence-electron chi connectivity index (χ2n) is 4.96. The molecule has 2 aromatic carbocycles. The minimum Gasteiger partial charge on any atom is -0.491 e. The molecule has 0 radical (unpaired) electrons. The highest BCUT2D eigenvalue weighted by atomic mass is 79.9. The van der Waals surface area contributed by atoms with Crippen LogP contribution in [0.4, 0.5) is 0 Å². The van der Waals surface area contributed by atoms with Gasteiger partial charge in [0.1, 0.15) is 12.4 Å². The Hall–Kier alpha value is -1.81. The SMILES string of the molecule is Cc1ccccc1OC[C@@H](C)NC(=O)c1ccc(Br)cc1. The predicted molar refractivity (Wildman–Crippen MR) is 87.7 cm³/mol. The summed E-state index contributed by atoms with van der Waals surface area (Å²) in [4.78, 5) is 12.1. The van der Waals surface area contributed by atoms with Crippen molar-refractivity contribution >= 4 is 21.8 Å². The highest BCUT2D eigenvalue weighted by molar-refractivity contribution is 9.10. The monoisotopic (exact) mass is 347 g/mol. The lowest BCUT2D eigenvalue weighted by molar-refractivity contribution is 0.0926. The van der Waals surface area contributed by atoms with E-state index in [9.17, 15) is 4.79 Å². The molecule has 1 amide bonds. The zero-order valence-electron chi connectivity index (χ0n) is 12.1. The van der Waals surface area contributed by atoms with Gasteiger partial charge in [-0.3, -0.25) is 4.79 Å². The molecule has 4 heteroatoms. The molecule has 0 saturated heterocycles. The fourth-order valence-electron chi connectivity index (χ4n) is 1.88. The van der Waals surface area contributed by atoms with E-state index in [-0.39, 0.29) is 11.9 Å². The Morgan fingerprint density at radius 2 is 1.86 bits per heavy atom. The standard InChI is InChI=1S/C17H18BrNO2/c1-12-5-3-4-6-16(12)21-11-13(2)19-17(20)14-7-9-15(18)10-8-14/h3-10,13H,11H2,1-2H3,(H,19,20)/t13-/m1/s1. The number of ether oxygens (including phenoxy) is 1. The summed E-state index contributed by atoms with van der Waals surface area (Å²) in [6, 6.07) is 15.0. The molecule has 0 spiro atoms. The first kappa shape index (κ1) is 15.6. The zero-order valence-corrected chi connectivity index (χ0v) is 13.7. The predicted octanol–water partition coefficient (Wildman–Crippen LogP) is 3.95. The van der Waals surface area contributed by atoms with Gasteiger partial charge in [0.2, 0.25) is 0 Å². The second-order valence-corrected chi connectivity index (χ2v) is 5.87. The second kappa shape index (κ2) is 7.27. The first-order chi connectivity index (χ1) is 10.1. The lowest BCUT2D eigenvalue weighted by atomic mass is 10.2. The number of benzene rings is 2. The van der Waals surface area contributed by atoms with E-state index in [1.165, 1.54) is 0 Å². The number of hydrogen-bond acceptors (Lipinski definition) is 2. The molecule has 21 heavy (non-hydrogen) atoms. The number of para-hydroxylation sites is 1. The molecule has 0 aromatic heterocycles. The topological polar surface area (TPSA) is 38.3 Å². The Morgan fingerprint density at radius 1 is 1.19 bits per heavy atom. The number of hydrogen-bond donors (Lipinski definition) is 1. The smallest absolute Gasteiger partial charge is 0.251 e. The molecule has 0 saturated carbocycles. The van der Waals surface area contributed by atoms with Gasteiger partial charge in [-0.05, 0) is 49.7 Å². The summed E-state index contributed by atoms with van der Waals surface area (Å²) in [5, 5.41) is 2.93. The van der Waals surface area contributed by atoms with Crippen molar-refractivity contribution < 1.29 is 9.53 Å². The third-order valence-electron chi connectivity index (χ3n) is 3.07. The Kier molecular flexibility index (Phi) is 5.39. The van der Waals surface area contributed by atoms with Gasteiger partial charge in [-0.15, -0.1) is 0 Å². The summed E-state index contributed by atoms with van der Waals surface area (Å²) >= 11 is 3.35. The van der Waals surface area contributed by atoms with Gasteiger partial charge < -0.3 is 10.1 Å². The van der Waals surface area contributed by atoms with Gasteiger partial charge in [0, 0.05) is 10.0 Å². The Labute approximate surface area is 133 Å². The molecule has 2 rings (SSSR count). The zero-order chi connectivity index (χ0) is 15.2. The lowest BCUT2D eigenvalue weighted by Crippen LogP contribution is -2.36. The normalized spacial score (nSPS) is 11.8. The minimum atomic E-state index is -0.0941. The van der Waals surface area contributed by atoms with E-state index in [4.69, 9.17) is 4.74 Å². The molecule has 0 aliphatic heterocycles. The molecule has 0 fully saturated rings. The Balaban J connectivity index is 1.87. The molecular formula is C17H18BrNO2. The van der Waals surface area contributed by atoms with Gasteiger partial charge in [-0.25, -0.2) is 0 Å². The number of halogens is 1. The van der Waals surface area contributed by atoms with Crippen LogP contribution >= 0.6 is 15.9 Å². The first-order valence-corrected chi connectivity index (χ1v) is 7.60. The largest absolute Gasteiger partial charge is 0.491 e. The van der Waals surface area contributed by atoms with Crippen LogP contribution in [0.3, 0.4) is 0 Å². The van der Waals surface area contributed by atoms with Crippen LogP contribution in [0.1, 0.15) is 22.8 Å². The van der Waals surface area contributed by atoms with E-state index in [2.05, 4.69) is 21.2 Å². The van der Waals surface area contributed by atoms with Crippen LogP contribution in [0.25, 0.3) is 0 Å². The molecule has 0 unspecified atom stereocenters. The summed E-state index contributed by atoms with van der Waals surface area (Å²) < 4.78 is 6.69. The van der Waals surface area contributed by atoms with E-state index in [1.807, 2.05) is 50.2 Å². The van der Waals surface area contributed by atoms with Crippen LogP contribution in [-0.4, -0.2) is 18.6 Å². The van der Waals surface area contributed by atoms with Gasteiger partial charge in [0.05, 0.1) is 6.04 Å². The van der Waals surface area contributed by atoms with Crippen molar-refractivity contribution in [3.8, 4) is 5.75 Å². The van der Waals surface area contributed by atoms with Crippen molar-refractivity contribution in [2.75, 3.05) is 6.61 Å². The van der Waals surface area contributed by atoms with Crippen molar-refractivity contribution in [1.82, 2.24) is 5.32 Å². The van der Waals surface area contributed by atoms with Crippen molar-refractivity contribution in [1.29, 1.82) is 0 Å². The molecule has 0 aliphatic carbocycles. The maximum absolute atomic E-state index is 12.1. The summed E-state index contributed by atoms with van der Waals surface area (Å²) in [5.41, 5.74) is 1.73. The van der Waals surface area contributed by atoms with Crippen molar-refractivity contribution in [3.63, 3.8) is 0 Å².